The number of hydrogen-bond acceptors (Lipinski definition) is 5. The topological polar surface area (TPSA) is 68.0 Å². The molecule has 2 saturated heterocycles. The van der Waals surface area contributed by atoms with Gasteiger partial charge in [0.2, 0.25) is 0 Å². The summed E-state index contributed by atoms with van der Waals surface area (Å²) in [5, 5.41) is 0.445. The van der Waals surface area contributed by atoms with Gasteiger partial charge >= 0.3 is 0 Å². The molecule has 0 aromatic heterocycles. The molecule has 1 amide bonds. The van der Waals surface area contributed by atoms with Crippen LogP contribution in [0.3, 0.4) is 0 Å². The highest BCUT2D eigenvalue weighted by atomic mass is 32.1. The second-order valence-corrected chi connectivity index (χ2v) is 5.32. The van der Waals surface area contributed by atoms with Crippen LogP contribution < -0.4 is 15.5 Å². The molecule has 6 nitrogen and oxygen atoms in total. The number of amides is 1. The normalized spacial score (nSPS) is 22.6. The molecule has 0 aliphatic carbocycles. The Kier molecular flexibility index (Phi) is 4.05. The van der Waals surface area contributed by atoms with Gasteiger partial charge in [-0.25, -0.2) is 0 Å². The van der Waals surface area contributed by atoms with E-state index in [2.05, 4.69) is 0 Å². The fourth-order valence-corrected chi connectivity index (χ4v) is 2.77. The highest BCUT2D eigenvalue weighted by Crippen LogP contribution is 2.25. The molecule has 2 fully saturated rings. The molecule has 0 saturated carbocycles. The fraction of sp³-hybridized carbons (Fsp3) is 0.429. The van der Waals surface area contributed by atoms with Gasteiger partial charge in [0.05, 0.1) is 13.2 Å². The average molecular weight is 307 g/mol. The molecule has 1 atom stereocenters. The van der Waals surface area contributed by atoms with Crippen molar-refractivity contribution in [2.75, 3.05) is 42.6 Å². The lowest BCUT2D eigenvalue weighted by molar-refractivity contribution is -0.125. The predicted molar refractivity (Wildman–Crippen MR) is 83.5 cm³/mol. The summed E-state index contributed by atoms with van der Waals surface area (Å²) in [6, 6.07) is 7.70. The fourth-order valence-electron chi connectivity index (χ4n) is 2.46. The summed E-state index contributed by atoms with van der Waals surface area (Å²) in [5.74, 6) is -0.0165. The molecule has 1 aromatic carbocycles. The van der Waals surface area contributed by atoms with Crippen LogP contribution in [0.5, 0.6) is 0 Å². The quantitative estimate of drug-likeness (QED) is 0.820. The van der Waals surface area contributed by atoms with E-state index in [1.807, 2.05) is 29.2 Å². The third-order valence-corrected chi connectivity index (χ3v) is 3.91. The molecule has 0 spiro atoms. The summed E-state index contributed by atoms with van der Waals surface area (Å²) in [6.07, 6.45) is -0.0574. The molecule has 7 heteroatoms. The number of nitrogens with zero attached hydrogens (tertiary/aromatic N) is 2. The second-order valence-electron chi connectivity index (χ2n) is 4.97. The number of hydrogen-bond donors (Lipinski definition) is 1. The standard InChI is InChI=1S/C14H17N3O3S/c15-7-12-8-17(14(21)20-12)11-3-1-10(2-4-11)16-5-6-19-9-13(16)18/h1-4,12H,5-9,15H2. The zero-order chi connectivity index (χ0) is 14.8. The average Bonchev–Trinajstić information content (AvgIpc) is 2.89. The first-order valence-corrected chi connectivity index (χ1v) is 7.26. The SMILES string of the molecule is NCC1CN(c2ccc(N3CCOCC3=O)cc2)C(=S)O1. The van der Waals surface area contributed by atoms with Crippen LogP contribution in [0.1, 0.15) is 0 Å². The zero-order valence-corrected chi connectivity index (χ0v) is 12.3. The molecule has 2 aliphatic heterocycles. The van der Waals surface area contributed by atoms with Gasteiger partial charge in [0.25, 0.3) is 11.1 Å². The minimum Gasteiger partial charge on any atom is -0.464 e. The van der Waals surface area contributed by atoms with E-state index in [1.54, 1.807) is 4.90 Å². The lowest BCUT2D eigenvalue weighted by atomic mass is 10.2. The largest absolute Gasteiger partial charge is 0.464 e. The summed E-state index contributed by atoms with van der Waals surface area (Å²) >= 11 is 5.21. The van der Waals surface area contributed by atoms with E-state index in [9.17, 15) is 4.79 Å². The summed E-state index contributed by atoms with van der Waals surface area (Å²) in [5.41, 5.74) is 7.42. The third-order valence-electron chi connectivity index (χ3n) is 3.60. The Morgan fingerprint density at radius 1 is 1.24 bits per heavy atom. The van der Waals surface area contributed by atoms with Crippen molar-refractivity contribution in [3.63, 3.8) is 0 Å². The maximum absolute atomic E-state index is 11.8. The van der Waals surface area contributed by atoms with E-state index >= 15 is 0 Å². The van der Waals surface area contributed by atoms with Gasteiger partial charge in [-0.3, -0.25) is 9.69 Å². The third kappa shape index (κ3) is 2.85. The molecule has 112 valence electrons. The lowest BCUT2D eigenvalue weighted by Gasteiger charge is -2.27. The number of nitrogens with two attached hydrogens (primary N) is 1. The van der Waals surface area contributed by atoms with Gasteiger partial charge in [0.1, 0.15) is 12.7 Å². The monoisotopic (exact) mass is 307 g/mol. The lowest BCUT2D eigenvalue weighted by Crippen LogP contribution is -2.41. The predicted octanol–water partition coefficient (Wildman–Crippen LogP) is 0.499. The molecular formula is C14H17N3O3S. The van der Waals surface area contributed by atoms with E-state index in [-0.39, 0.29) is 18.6 Å². The number of benzene rings is 1. The summed E-state index contributed by atoms with van der Waals surface area (Å²) in [7, 11) is 0. The Morgan fingerprint density at radius 2 is 1.90 bits per heavy atom. The van der Waals surface area contributed by atoms with E-state index in [0.29, 0.717) is 31.4 Å². The molecule has 3 rings (SSSR count). The van der Waals surface area contributed by atoms with Gasteiger partial charge in [0.15, 0.2) is 0 Å². The second kappa shape index (κ2) is 5.97. The number of rotatable bonds is 3. The van der Waals surface area contributed by atoms with Crippen LogP contribution in [-0.2, 0) is 14.3 Å². The maximum Gasteiger partial charge on any atom is 0.264 e. The molecule has 2 aliphatic rings. The van der Waals surface area contributed by atoms with Crippen LogP contribution in [0, 0.1) is 0 Å². The van der Waals surface area contributed by atoms with E-state index < -0.39 is 0 Å². The number of thiocarbonyl (C=S) groups is 1. The highest BCUT2D eigenvalue weighted by Gasteiger charge is 2.28. The number of morpholine rings is 1. The maximum atomic E-state index is 11.8. The van der Waals surface area contributed by atoms with Crippen molar-refractivity contribution >= 4 is 34.7 Å². The molecular weight excluding hydrogens is 290 g/mol. The van der Waals surface area contributed by atoms with Crippen LogP contribution in [0.15, 0.2) is 24.3 Å². The van der Waals surface area contributed by atoms with Crippen molar-refractivity contribution in [2.24, 2.45) is 5.73 Å². The van der Waals surface area contributed by atoms with Crippen molar-refractivity contribution < 1.29 is 14.3 Å². The van der Waals surface area contributed by atoms with Crippen LogP contribution in [0.25, 0.3) is 0 Å². The first-order valence-electron chi connectivity index (χ1n) is 6.85. The summed E-state index contributed by atoms with van der Waals surface area (Å²) < 4.78 is 10.6. The molecule has 1 unspecified atom stereocenters. The highest BCUT2D eigenvalue weighted by molar-refractivity contribution is 7.80. The van der Waals surface area contributed by atoms with Crippen LogP contribution in [0.4, 0.5) is 11.4 Å². The Bertz CT molecular complexity index is 549. The minimum atomic E-state index is -0.0574. The number of anilines is 2. The van der Waals surface area contributed by atoms with Crippen molar-refractivity contribution in [2.45, 2.75) is 6.10 Å². The molecule has 0 bridgehead atoms. The molecule has 2 N–H and O–H groups in total. The number of carbonyl (C=O) groups is 1. The first-order chi connectivity index (χ1) is 10.2. The van der Waals surface area contributed by atoms with E-state index in [4.69, 9.17) is 27.4 Å². The van der Waals surface area contributed by atoms with Gasteiger partial charge in [-0.15, -0.1) is 0 Å². The van der Waals surface area contributed by atoms with Crippen LogP contribution >= 0.6 is 12.2 Å². The smallest absolute Gasteiger partial charge is 0.264 e. The Labute approximate surface area is 128 Å². The van der Waals surface area contributed by atoms with Crippen molar-refractivity contribution in [3.8, 4) is 0 Å². The Balaban J connectivity index is 1.75. The molecule has 1 aromatic rings. The summed E-state index contributed by atoms with van der Waals surface area (Å²) in [4.78, 5) is 15.5. The van der Waals surface area contributed by atoms with Crippen molar-refractivity contribution in [1.82, 2.24) is 0 Å². The molecule has 0 radical (unpaired) electrons. The van der Waals surface area contributed by atoms with Gasteiger partial charge in [-0.05, 0) is 36.5 Å². The van der Waals surface area contributed by atoms with Gasteiger partial charge in [-0.2, -0.15) is 0 Å². The van der Waals surface area contributed by atoms with Crippen molar-refractivity contribution in [3.05, 3.63) is 24.3 Å². The van der Waals surface area contributed by atoms with Gasteiger partial charge in [-0.1, -0.05) is 0 Å². The van der Waals surface area contributed by atoms with Crippen molar-refractivity contribution in [1.29, 1.82) is 0 Å². The number of carbonyl (C=O) groups excluding carboxylic acids is 1. The summed E-state index contributed by atoms with van der Waals surface area (Å²) in [6.45, 7) is 2.39. The van der Waals surface area contributed by atoms with Gasteiger partial charge < -0.3 is 20.1 Å². The van der Waals surface area contributed by atoms with E-state index in [1.165, 1.54) is 0 Å². The van der Waals surface area contributed by atoms with Crippen LogP contribution in [0.2, 0.25) is 0 Å². The Hall–Kier alpha value is -1.70. The molecule has 2 heterocycles. The van der Waals surface area contributed by atoms with E-state index in [0.717, 1.165) is 11.4 Å². The molecule has 21 heavy (non-hydrogen) atoms. The Morgan fingerprint density at radius 3 is 2.48 bits per heavy atom. The van der Waals surface area contributed by atoms with Crippen LogP contribution in [-0.4, -0.2) is 50.0 Å². The first kappa shape index (κ1) is 14.2. The van der Waals surface area contributed by atoms with Gasteiger partial charge in [0, 0.05) is 24.5 Å². The zero-order valence-electron chi connectivity index (χ0n) is 11.5. The minimum absolute atomic E-state index is 0.0165. The number of ether oxygens (including phenoxy) is 2.